The van der Waals surface area contributed by atoms with Crippen LogP contribution in [0.2, 0.25) is 0 Å². The molecule has 0 aliphatic carbocycles. The van der Waals surface area contributed by atoms with Crippen LogP contribution in [-0.4, -0.2) is 31.7 Å². The second kappa shape index (κ2) is 5.98. The standard InChI is InChI=1S/C22H22N4O/c1-14(2)21-20-17(16-5-3-4-6-18(16)24-20)9-11-26(21)22(27)15-7-8-19-23-10-12-25(19)13-15/h3-8,10,12-14,21,24H,9,11H2,1-2H3. The molecule has 4 heterocycles. The third kappa shape index (κ3) is 2.46. The fourth-order valence-electron chi connectivity index (χ4n) is 4.40. The SMILES string of the molecule is CC(C)C1c2[nH]c3ccccc3c2CCN1C(=O)c1ccc2nccn2c1. The number of hydrogen-bond donors (Lipinski definition) is 1. The Bertz CT molecular complexity index is 1150. The number of pyridine rings is 1. The summed E-state index contributed by atoms with van der Waals surface area (Å²) in [6, 6.07) is 12.2. The Morgan fingerprint density at radius 3 is 2.93 bits per heavy atom. The molecule has 5 rings (SSSR count). The van der Waals surface area contributed by atoms with E-state index in [-0.39, 0.29) is 11.9 Å². The zero-order valence-corrected chi connectivity index (χ0v) is 15.5. The lowest BCUT2D eigenvalue weighted by molar-refractivity contribution is 0.0598. The average molecular weight is 358 g/mol. The number of para-hydroxylation sites is 1. The number of imidazole rings is 1. The molecule has 1 aliphatic heterocycles. The van der Waals surface area contributed by atoms with Crippen LogP contribution in [0.15, 0.2) is 55.0 Å². The largest absolute Gasteiger partial charge is 0.356 e. The van der Waals surface area contributed by atoms with Crippen molar-refractivity contribution >= 4 is 22.5 Å². The highest BCUT2D eigenvalue weighted by molar-refractivity contribution is 5.95. The Hall–Kier alpha value is -3.08. The number of carbonyl (C=O) groups is 1. The van der Waals surface area contributed by atoms with Gasteiger partial charge in [-0.2, -0.15) is 0 Å². The minimum absolute atomic E-state index is 0.0483. The molecule has 27 heavy (non-hydrogen) atoms. The lowest BCUT2D eigenvalue weighted by Gasteiger charge is -2.38. The summed E-state index contributed by atoms with van der Waals surface area (Å²) >= 11 is 0. The second-order valence-electron chi connectivity index (χ2n) is 7.61. The van der Waals surface area contributed by atoms with E-state index in [0.29, 0.717) is 11.5 Å². The third-order valence-corrected chi connectivity index (χ3v) is 5.61. The second-order valence-corrected chi connectivity index (χ2v) is 7.61. The average Bonchev–Trinajstić information content (AvgIpc) is 3.29. The molecule has 136 valence electrons. The first-order chi connectivity index (χ1) is 13.1. The van der Waals surface area contributed by atoms with Gasteiger partial charge in [-0.15, -0.1) is 0 Å². The van der Waals surface area contributed by atoms with Crippen LogP contribution >= 0.6 is 0 Å². The molecule has 0 saturated carbocycles. The van der Waals surface area contributed by atoms with Gasteiger partial charge < -0.3 is 14.3 Å². The fraction of sp³-hybridized carbons (Fsp3) is 0.273. The molecule has 5 heteroatoms. The van der Waals surface area contributed by atoms with Crippen molar-refractivity contribution in [1.82, 2.24) is 19.3 Å². The first-order valence-electron chi connectivity index (χ1n) is 9.46. The number of carbonyl (C=O) groups excluding carboxylic acids is 1. The maximum atomic E-state index is 13.4. The first kappa shape index (κ1) is 16.1. The molecule has 0 radical (unpaired) electrons. The van der Waals surface area contributed by atoms with Crippen LogP contribution < -0.4 is 0 Å². The van der Waals surface area contributed by atoms with Gasteiger partial charge in [-0.1, -0.05) is 32.0 Å². The molecule has 4 aromatic rings. The van der Waals surface area contributed by atoms with E-state index in [9.17, 15) is 4.79 Å². The molecular weight excluding hydrogens is 336 g/mol. The molecule has 0 bridgehead atoms. The van der Waals surface area contributed by atoms with Crippen molar-refractivity contribution < 1.29 is 4.79 Å². The van der Waals surface area contributed by atoms with Gasteiger partial charge in [-0.25, -0.2) is 4.98 Å². The molecule has 1 atom stereocenters. The minimum atomic E-state index is 0.0483. The van der Waals surface area contributed by atoms with Crippen molar-refractivity contribution in [2.24, 2.45) is 5.92 Å². The van der Waals surface area contributed by atoms with Crippen LogP contribution in [0.3, 0.4) is 0 Å². The maximum absolute atomic E-state index is 13.4. The van der Waals surface area contributed by atoms with E-state index in [4.69, 9.17) is 0 Å². The van der Waals surface area contributed by atoms with E-state index in [2.05, 4.69) is 48.1 Å². The van der Waals surface area contributed by atoms with E-state index in [1.165, 1.54) is 16.6 Å². The monoisotopic (exact) mass is 358 g/mol. The number of benzene rings is 1. The molecule has 1 aliphatic rings. The zero-order chi connectivity index (χ0) is 18.5. The van der Waals surface area contributed by atoms with Crippen molar-refractivity contribution in [3.8, 4) is 0 Å². The van der Waals surface area contributed by atoms with E-state index < -0.39 is 0 Å². The molecule has 0 saturated heterocycles. The van der Waals surface area contributed by atoms with Gasteiger partial charge in [0.15, 0.2) is 0 Å². The Labute approximate surface area is 157 Å². The fourth-order valence-corrected chi connectivity index (χ4v) is 4.40. The van der Waals surface area contributed by atoms with E-state index >= 15 is 0 Å². The van der Waals surface area contributed by atoms with Crippen molar-refractivity contribution in [3.63, 3.8) is 0 Å². The summed E-state index contributed by atoms with van der Waals surface area (Å²) in [6.45, 7) is 5.10. The Balaban J connectivity index is 1.58. The van der Waals surface area contributed by atoms with Gasteiger partial charge in [0, 0.05) is 41.7 Å². The lowest BCUT2D eigenvalue weighted by Crippen LogP contribution is -2.42. The van der Waals surface area contributed by atoms with Gasteiger partial charge in [0.25, 0.3) is 5.91 Å². The number of amides is 1. The first-order valence-corrected chi connectivity index (χ1v) is 9.46. The van der Waals surface area contributed by atoms with Crippen LogP contribution in [0.1, 0.15) is 41.5 Å². The summed E-state index contributed by atoms with van der Waals surface area (Å²) in [6.07, 6.45) is 6.38. The number of hydrogen-bond acceptors (Lipinski definition) is 2. The predicted octanol–water partition coefficient (Wildman–Crippen LogP) is 4.21. The molecule has 5 nitrogen and oxygen atoms in total. The number of fused-ring (bicyclic) bond motifs is 4. The van der Waals surface area contributed by atoms with Crippen LogP contribution in [0.25, 0.3) is 16.6 Å². The summed E-state index contributed by atoms with van der Waals surface area (Å²) in [5, 5.41) is 1.28. The molecule has 0 fully saturated rings. The van der Waals surface area contributed by atoms with Crippen molar-refractivity contribution in [2.45, 2.75) is 26.3 Å². The van der Waals surface area contributed by atoms with Gasteiger partial charge >= 0.3 is 0 Å². The van der Waals surface area contributed by atoms with Crippen LogP contribution in [0, 0.1) is 5.92 Å². The molecule has 0 spiro atoms. The Kier molecular flexibility index (Phi) is 3.57. The maximum Gasteiger partial charge on any atom is 0.255 e. The minimum Gasteiger partial charge on any atom is -0.356 e. The molecule has 1 amide bonds. The summed E-state index contributed by atoms with van der Waals surface area (Å²) in [5.74, 6) is 0.395. The van der Waals surface area contributed by atoms with E-state index in [0.717, 1.165) is 24.1 Å². The molecule has 1 aromatic carbocycles. The highest BCUT2D eigenvalue weighted by atomic mass is 16.2. The highest BCUT2D eigenvalue weighted by Crippen LogP contribution is 2.39. The van der Waals surface area contributed by atoms with Crippen molar-refractivity contribution in [3.05, 3.63) is 71.8 Å². The number of rotatable bonds is 2. The Morgan fingerprint density at radius 1 is 1.22 bits per heavy atom. The van der Waals surface area contributed by atoms with Crippen LogP contribution in [0.4, 0.5) is 0 Å². The zero-order valence-electron chi connectivity index (χ0n) is 15.5. The van der Waals surface area contributed by atoms with E-state index in [1.54, 1.807) is 6.20 Å². The van der Waals surface area contributed by atoms with Gasteiger partial charge in [-0.05, 0) is 36.1 Å². The molecule has 1 unspecified atom stereocenters. The van der Waals surface area contributed by atoms with Crippen LogP contribution in [0.5, 0.6) is 0 Å². The number of H-pyrrole nitrogens is 1. The third-order valence-electron chi connectivity index (χ3n) is 5.61. The summed E-state index contributed by atoms with van der Waals surface area (Å²) in [5.41, 5.74) is 5.25. The van der Waals surface area contributed by atoms with Gasteiger partial charge in [0.1, 0.15) is 5.65 Å². The summed E-state index contributed by atoms with van der Waals surface area (Å²) in [7, 11) is 0. The quantitative estimate of drug-likeness (QED) is 0.583. The van der Waals surface area contributed by atoms with Crippen molar-refractivity contribution in [1.29, 1.82) is 0 Å². The molecule has 3 aromatic heterocycles. The van der Waals surface area contributed by atoms with E-state index in [1.807, 2.05) is 33.8 Å². The van der Waals surface area contributed by atoms with Crippen molar-refractivity contribution in [2.75, 3.05) is 6.54 Å². The molecule has 1 N–H and O–H groups in total. The van der Waals surface area contributed by atoms with Crippen LogP contribution in [-0.2, 0) is 6.42 Å². The normalized spacial score (nSPS) is 17.0. The van der Waals surface area contributed by atoms with Gasteiger partial charge in [0.2, 0.25) is 0 Å². The number of nitrogens with zero attached hydrogens (tertiary/aromatic N) is 3. The topological polar surface area (TPSA) is 53.4 Å². The van der Waals surface area contributed by atoms with Gasteiger partial charge in [0.05, 0.1) is 11.6 Å². The number of aromatic amines is 1. The number of nitrogens with one attached hydrogen (secondary N) is 1. The molecular formula is C22H22N4O. The smallest absolute Gasteiger partial charge is 0.255 e. The highest BCUT2D eigenvalue weighted by Gasteiger charge is 2.35. The summed E-state index contributed by atoms with van der Waals surface area (Å²) < 4.78 is 1.90. The Morgan fingerprint density at radius 2 is 2.07 bits per heavy atom. The predicted molar refractivity (Wildman–Crippen MR) is 106 cm³/mol. The lowest BCUT2D eigenvalue weighted by atomic mass is 9.90. The van der Waals surface area contributed by atoms with Gasteiger partial charge in [-0.3, -0.25) is 4.79 Å². The summed E-state index contributed by atoms with van der Waals surface area (Å²) in [4.78, 5) is 23.3. The number of aromatic nitrogens is 3.